The number of aryl methyl sites for hydroxylation is 1. The molecule has 29 heavy (non-hydrogen) atoms. The fraction of sp³-hybridized carbons (Fsp3) is 0.381. The molecule has 156 valence electrons. The van der Waals surface area contributed by atoms with Crippen LogP contribution in [0.25, 0.3) is 0 Å². The summed E-state index contributed by atoms with van der Waals surface area (Å²) >= 11 is 0. The molecule has 0 bridgehead atoms. The Balaban J connectivity index is 1.47. The Morgan fingerprint density at radius 2 is 1.79 bits per heavy atom. The van der Waals surface area contributed by atoms with Gasteiger partial charge in [-0.05, 0) is 49.1 Å². The van der Waals surface area contributed by atoms with Crippen LogP contribution in [0.4, 0.5) is 8.78 Å². The summed E-state index contributed by atoms with van der Waals surface area (Å²) < 4.78 is 54.0. The normalized spacial score (nSPS) is 17.1. The van der Waals surface area contributed by atoms with Gasteiger partial charge in [0.05, 0.1) is 11.0 Å². The van der Waals surface area contributed by atoms with E-state index < -0.39 is 20.5 Å². The molecule has 1 saturated heterocycles. The van der Waals surface area contributed by atoms with Crippen molar-refractivity contribution in [2.24, 2.45) is 0 Å². The van der Waals surface area contributed by atoms with Crippen LogP contribution in [0.15, 0.2) is 59.5 Å². The van der Waals surface area contributed by atoms with E-state index in [1.165, 1.54) is 17.7 Å². The molecule has 0 N–H and O–H groups in total. The van der Waals surface area contributed by atoms with Crippen LogP contribution in [-0.4, -0.2) is 50.8 Å². The minimum absolute atomic E-state index is 0.0341. The van der Waals surface area contributed by atoms with Gasteiger partial charge in [-0.15, -0.1) is 0 Å². The monoisotopic (exact) mass is 423 g/mol. The highest BCUT2D eigenvalue weighted by molar-refractivity contribution is 7.91. The van der Waals surface area contributed by atoms with Gasteiger partial charge < -0.3 is 9.64 Å². The van der Waals surface area contributed by atoms with E-state index in [2.05, 4.69) is 12.1 Å². The number of benzene rings is 2. The third-order valence-electron chi connectivity index (χ3n) is 4.90. The van der Waals surface area contributed by atoms with Gasteiger partial charge in [-0.3, -0.25) is 4.79 Å². The van der Waals surface area contributed by atoms with Crippen molar-refractivity contribution in [2.75, 3.05) is 19.7 Å². The topological polar surface area (TPSA) is 63.7 Å². The van der Waals surface area contributed by atoms with E-state index in [0.717, 1.165) is 31.4 Å². The number of halogens is 2. The van der Waals surface area contributed by atoms with Crippen LogP contribution >= 0.6 is 0 Å². The lowest BCUT2D eigenvalue weighted by Crippen LogP contribution is -2.30. The molecule has 8 heteroatoms. The van der Waals surface area contributed by atoms with Crippen LogP contribution in [0.2, 0.25) is 0 Å². The summed E-state index contributed by atoms with van der Waals surface area (Å²) in [4.78, 5) is 13.7. The molecule has 1 heterocycles. The third kappa shape index (κ3) is 5.39. The third-order valence-corrected chi connectivity index (χ3v) is 6.30. The Morgan fingerprint density at radius 1 is 1.10 bits per heavy atom. The first kappa shape index (κ1) is 21.4. The molecule has 1 aliphatic rings. The van der Waals surface area contributed by atoms with E-state index >= 15 is 0 Å². The number of ether oxygens (including phenoxy) is 1. The van der Waals surface area contributed by atoms with Gasteiger partial charge in [-0.1, -0.05) is 30.3 Å². The van der Waals surface area contributed by atoms with E-state index in [4.69, 9.17) is 4.74 Å². The molecule has 1 atom stereocenters. The van der Waals surface area contributed by atoms with Crippen molar-refractivity contribution in [1.82, 2.24) is 4.90 Å². The van der Waals surface area contributed by atoms with Crippen molar-refractivity contribution in [3.63, 3.8) is 0 Å². The standard InChI is InChI=1S/C21H23F2NO4S/c22-21(23)29(26,27)19-10-8-17(9-11-19)20(25)24-13-12-18(15-24)28-14-4-7-16-5-2-1-3-6-16/h1-3,5-6,8-11,18,21H,4,7,12-15H2/t18-/m1/s1. The summed E-state index contributed by atoms with van der Waals surface area (Å²) in [7, 11) is -4.66. The zero-order valence-corrected chi connectivity index (χ0v) is 16.7. The maximum atomic E-state index is 12.6. The first-order valence-electron chi connectivity index (χ1n) is 9.45. The maximum Gasteiger partial charge on any atom is 0.341 e. The second-order valence-corrected chi connectivity index (χ2v) is 8.87. The minimum atomic E-state index is -4.66. The smallest absolute Gasteiger partial charge is 0.341 e. The Labute approximate surface area is 169 Å². The SMILES string of the molecule is O=C(c1ccc(S(=O)(=O)C(F)F)cc1)N1CC[C@@H](OCCCc2ccccc2)C1. The number of amides is 1. The van der Waals surface area contributed by atoms with Crippen molar-refractivity contribution < 1.29 is 26.7 Å². The van der Waals surface area contributed by atoms with Crippen LogP contribution in [0, 0.1) is 0 Å². The maximum absolute atomic E-state index is 12.6. The van der Waals surface area contributed by atoms with Crippen LogP contribution in [0.1, 0.15) is 28.8 Å². The lowest BCUT2D eigenvalue weighted by Gasteiger charge is -2.17. The largest absolute Gasteiger partial charge is 0.376 e. The van der Waals surface area contributed by atoms with E-state index in [0.29, 0.717) is 19.7 Å². The fourth-order valence-corrected chi connectivity index (χ4v) is 4.01. The van der Waals surface area contributed by atoms with Crippen molar-refractivity contribution in [2.45, 2.75) is 36.0 Å². The predicted molar refractivity (Wildman–Crippen MR) is 105 cm³/mol. The molecule has 0 spiro atoms. The number of carbonyl (C=O) groups excluding carboxylic acids is 1. The van der Waals surface area contributed by atoms with Gasteiger partial charge in [0.25, 0.3) is 5.91 Å². The molecule has 0 unspecified atom stereocenters. The molecule has 1 fully saturated rings. The predicted octanol–water partition coefficient (Wildman–Crippen LogP) is 3.55. The number of hydrogen-bond acceptors (Lipinski definition) is 4. The van der Waals surface area contributed by atoms with Gasteiger partial charge in [0.15, 0.2) is 0 Å². The van der Waals surface area contributed by atoms with Crippen molar-refractivity contribution in [3.05, 3.63) is 65.7 Å². The van der Waals surface area contributed by atoms with Gasteiger partial charge >= 0.3 is 5.76 Å². The number of likely N-dealkylation sites (tertiary alicyclic amines) is 1. The molecule has 1 aliphatic heterocycles. The molecule has 5 nitrogen and oxygen atoms in total. The second kappa shape index (κ2) is 9.45. The fourth-order valence-electron chi connectivity index (χ4n) is 3.29. The van der Waals surface area contributed by atoms with E-state index in [1.807, 2.05) is 18.2 Å². The molecule has 0 aliphatic carbocycles. The molecule has 0 saturated carbocycles. The summed E-state index contributed by atoms with van der Waals surface area (Å²) in [5.41, 5.74) is 1.53. The van der Waals surface area contributed by atoms with Gasteiger partial charge in [-0.2, -0.15) is 8.78 Å². The first-order chi connectivity index (χ1) is 13.9. The van der Waals surface area contributed by atoms with Gasteiger partial charge in [0.2, 0.25) is 9.84 Å². The highest BCUT2D eigenvalue weighted by Gasteiger charge is 2.29. The highest BCUT2D eigenvalue weighted by Crippen LogP contribution is 2.21. The second-order valence-electron chi connectivity index (χ2n) is 6.95. The lowest BCUT2D eigenvalue weighted by molar-refractivity contribution is 0.0525. The average molecular weight is 423 g/mol. The van der Waals surface area contributed by atoms with E-state index in [-0.39, 0.29) is 17.6 Å². The number of rotatable bonds is 8. The summed E-state index contributed by atoms with van der Waals surface area (Å²) in [6, 6.07) is 14.8. The molecular weight excluding hydrogens is 400 g/mol. The number of carbonyl (C=O) groups is 1. The number of hydrogen-bond donors (Lipinski definition) is 0. The van der Waals surface area contributed by atoms with Gasteiger partial charge in [0.1, 0.15) is 0 Å². The molecule has 2 aromatic carbocycles. The molecular formula is C21H23F2NO4S. The summed E-state index contributed by atoms with van der Waals surface area (Å²) in [5, 5.41) is 0. The number of nitrogens with zero attached hydrogens (tertiary/aromatic N) is 1. The average Bonchev–Trinajstić information content (AvgIpc) is 3.20. The van der Waals surface area contributed by atoms with Crippen molar-refractivity contribution >= 4 is 15.7 Å². The van der Waals surface area contributed by atoms with Crippen molar-refractivity contribution in [1.29, 1.82) is 0 Å². The van der Waals surface area contributed by atoms with E-state index in [9.17, 15) is 22.0 Å². The lowest BCUT2D eigenvalue weighted by atomic mass is 10.1. The number of sulfone groups is 1. The van der Waals surface area contributed by atoms with Crippen LogP contribution in [0.5, 0.6) is 0 Å². The van der Waals surface area contributed by atoms with Crippen LogP contribution in [-0.2, 0) is 21.0 Å². The zero-order valence-electron chi connectivity index (χ0n) is 15.8. The molecule has 2 aromatic rings. The first-order valence-corrected chi connectivity index (χ1v) is 11.0. The summed E-state index contributed by atoms with van der Waals surface area (Å²) in [5.74, 6) is -3.75. The van der Waals surface area contributed by atoms with Crippen LogP contribution < -0.4 is 0 Å². The Hall–Kier alpha value is -2.32. The zero-order chi connectivity index (χ0) is 20.9. The highest BCUT2D eigenvalue weighted by atomic mass is 32.2. The Morgan fingerprint density at radius 3 is 2.45 bits per heavy atom. The molecule has 0 radical (unpaired) electrons. The molecule has 1 amide bonds. The Bertz CT molecular complexity index is 917. The van der Waals surface area contributed by atoms with Crippen LogP contribution in [0.3, 0.4) is 0 Å². The van der Waals surface area contributed by atoms with Gasteiger partial charge in [-0.25, -0.2) is 8.42 Å². The van der Waals surface area contributed by atoms with Gasteiger partial charge in [0, 0.05) is 25.3 Å². The minimum Gasteiger partial charge on any atom is -0.376 e. The summed E-state index contributed by atoms with van der Waals surface area (Å²) in [6.07, 6.45) is 2.53. The van der Waals surface area contributed by atoms with E-state index in [1.54, 1.807) is 4.90 Å². The van der Waals surface area contributed by atoms with Crippen molar-refractivity contribution in [3.8, 4) is 0 Å². The molecule has 3 rings (SSSR count). The summed E-state index contributed by atoms with van der Waals surface area (Å²) in [6.45, 7) is 1.61. The molecule has 0 aromatic heterocycles. The number of alkyl halides is 2. The quantitative estimate of drug-likeness (QED) is 0.609. The Kier molecular flexibility index (Phi) is 6.97.